The Labute approximate surface area is 151 Å². The van der Waals surface area contributed by atoms with Gasteiger partial charge < -0.3 is 20.6 Å². The van der Waals surface area contributed by atoms with E-state index in [1.54, 1.807) is 0 Å². The Morgan fingerprint density at radius 2 is 1.44 bits per heavy atom. The molecule has 6 nitrogen and oxygen atoms in total. The van der Waals surface area contributed by atoms with Crippen LogP contribution in [0.2, 0.25) is 0 Å². The second-order valence-corrected chi connectivity index (χ2v) is 8.89. The number of aliphatic carboxylic acids is 2. The smallest absolute Gasteiger partial charge is 0.335 e. The molecule has 0 radical (unpaired) electrons. The van der Waals surface area contributed by atoms with Crippen molar-refractivity contribution in [3.8, 4) is 0 Å². The molecule has 0 spiro atoms. The Morgan fingerprint density at radius 1 is 0.960 bits per heavy atom. The van der Waals surface area contributed by atoms with Crippen molar-refractivity contribution in [2.24, 2.45) is 5.92 Å². The van der Waals surface area contributed by atoms with Crippen LogP contribution < -0.4 is 5.32 Å². The third-order valence-electron chi connectivity index (χ3n) is 5.18. The topological polar surface area (TPSA) is 107 Å². The number of unbranched alkanes of at least 4 members (excludes halogenated alkanes) is 4. The van der Waals surface area contributed by atoms with Gasteiger partial charge in [-0.05, 0) is 59.8 Å². The molecular weight excluding hydrogens is 322 g/mol. The molecule has 0 bridgehead atoms. The maximum atomic E-state index is 11.8. The highest BCUT2D eigenvalue weighted by Gasteiger charge is 2.50. The summed E-state index contributed by atoms with van der Waals surface area (Å²) >= 11 is 0. The molecule has 1 aliphatic rings. The lowest BCUT2D eigenvalue weighted by molar-refractivity contribution is -0.170. The highest BCUT2D eigenvalue weighted by Crippen LogP contribution is 2.41. The standard InChI is InChI=1S/C19H35NO5/c1-17(2)12-14(13-18(3,4)20-17)19(25,16(23)24)11-9-7-5-6-8-10-15(21)22/h14,20,25H,5-13H2,1-4H3,(H,21,22)(H,23,24). The van der Waals surface area contributed by atoms with E-state index in [-0.39, 0.29) is 29.8 Å². The summed E-state index contributed by atoms with van der Waals surface area (Å²) in [7, 11) is 0. The van der Waals surface area contributed by atoms with Gasteiger partial charge in [0.2, 0.25) is 0 Å². The SMILES string of the molecule is CC1(C)CC(C(O)(CCCCCCCC(=O)O)C(=O)O)CC(C)(C)N1. The van der Waals surface area contributed by atoms with Gasteiger partial charge in [0.15, 0.2) is 5.60 Å². The van der Waals surface area contributed by atoms with E-state index < -0.39 is 17.5 Å². The molecule has 0 saturated carbocycles. The molecule has 1 fully saturated rings. The molecule has 1 unspecified atom stereocenters. The molecular formula is C19H35NO5. The zero-order valence-electron chi connectivity index (χ0n) is 16.1. The van der Waals surface area contributed by atoms with Gasteiger partial charge in [0, 0.05) is 23.4 Å². The Hall–Kier alpha value is -1.14. The van der Waals surface area contributed by atoms with Crippen LogP contribution in [-0.4, -0.2) is 43.9 Å². The molecule has 0 aromatic carbocycles. The Balaban J connectivity index is 2.58. The molecule has 0 aliphatic carbocycles. The number of rotatable bonds is 10. The van der Waals surface area contributed by atoms with Crippen LogP contribution in [0, 0.1) is 5.92 Å². The second-order valence-electron chi connectivity index (χ2n) is 8.89. The molecule has 0 aromatic heterocycles. The van der Waals surface area contributed by atoms with Crippen LogP contribution in [0.15, 0.2) is 0 Å². The van der Waals surface area contributed by atoms with Gasteiger partial charge in [-0.15, -0.1) is 0 Å². The van der Waals surface area contributed by atoms with Crippen molar-refractivity contribution in [1.29, 1.82) is 0 Å². The Kier molecular flexibility index (Phi) is 7.44. The van der Waals surface area contributed by atoms with Crippen LogP contribution in [0.25, 0.3) is 0 Å². The fourth-order valence-electron chi connectivity index (χ4n) is 4.35. The van der Waals surface area contributed by atoms with Gasteiger partial charge >= 0.3 is 11.9 Å². The van der Waals surface area contributed by atoms with Crippen molar-refractivity contribution in [2.75, 3.05) is 0 Å². The number of carboxylic acids is 2. The highest BCUT2D eigenvalue weighted by molar-refractivity contribution is 5.77. The first-order chi connectivity index (χ1) is 11.4. The maximum Gasteiger partial charge on any atom is 0.335 e. The minimum atomic E-state index is -1.70. The molecule has 6 heteroatoms. The summed E-state index contributed by atoms with van der Waals surface area (Å²) in [5, 5.41) is 32.8. The summed E-state index contributed by atoms with van der Waals surface area (Å²) in [6.07, 6.45) is 5.46. The monoisotopic (exact) mass is 357 g/mol. The van der Waals surface area contributed by atoms with Crippen LogP contribution in [0.4, 0.5) is 0 Å². The quantitative estimate of drug-likeness (QED) is 0.447. The summed E-state index contributed by atoms with van der Waals surface area (Å²) < 4.78 is 0. The summed E-state index contributed by atoms with van der Waals surface area (Å²) in [6.45, 7) is 8.19. The van der Waals surface area contributed by atoms with Crippen LogP contribution in [0.1, 0.15) is 85.5 Å². The van der Waals surface area contributed by atoms with Crippen LogP contribution in [0.5, 0.6) is 0 Å². The first-order valence-electron chi connectivity index (χ1n) is 9.35. The van der Waals surface area contributed by atoms with Gasteiger partial charge in [0.05, 0.1) is 0 Å². The molecule has 0 amide bonds. The average molecular weight is 357 g/mol. The fraction of sp³-hybridized carbons (Fsp3) is 0.895. The Morgan fingerprint density at radius 3 is 1.92 bits per heavy atom. The van der Waals surface area contributed by atoms with Crippen LogP contribution in [-0.2, 0) is 9.59 Å². The summed E-state index contributed by atoms with van der Waals surface area (Å²) in [4.78, 5) is 22.3. The van der Waals surface area contributed by atoms with Crippen LogP contribution in [0.3, 0.4) is 0 Å². The number of aliphatic hydroxyl groups is 1. The largest absolute Gasteiger partial charge is 0.481 e. The van der Waals surface area contributed by atoms with Gasteiger partial charge in [-0.3, -0.25) is 4.79 Å². The number of hydrogen-bond donors (Lipinski definition) is 4. The second kappa shape index (κ2) is 8.49. The molecule has 146 valence electrons. The lowest BCUT2D eigenvalue weighted by Crippen LogP contribution is -2.62. The molecule has 25 heavy (non-hydrogen) atoms. The molecule has 1 atom stereocenters. The van der Waals surface area contributed by atoms with E-state index in [9.17, 15) is 19.8 Å². The molecule has 1 saturated heterocycles. The number of hydrogen-bond acceptors (Lipinski definition) is 4. The summed E-state index contributed by atoms with van der Waals surface area (Å²) in [5.74, 6) is -2.20. The van der Waals surface area contributed by atoms with E-state index in [4.69, 9.17) is 5.11 Å². The lowest BCUT2D eigenvalue weighted by Gasteiger charge is -2.50. The van der Waals surface area contributed by atoms with Gasteiger partial charge in [-0.1, -0.05) is 19.3 Å². The van der Waals surface area contributed by atoms with Crippen molar-refractivity contribution in [2.45, 2.75) is 102 Å². The molecule has 1 heterocycles. The number of nitrogens with one attached hydrogen (secondary N) is 1. The van der Waals surface area contributed by atoms with E-state index in [0.29, 0.717) is 25.7 Å². The lowest BCUT2D eigenvalue weighted by atomic mass is 9.67. The van der Waals surface area contributed by atoms with Crippen molar-refractivity contribution in [1.82, 2.24) is 5.32 Å². The highest BCUT2D eigenvalue weighted by atomic mass is 16.4. The number of carboxylic acid groups (broad SMARTS) is 2. The van der Waals surface area contributed by atoms with Gasteiger partial charge in [0.1, 0.15) is 0 Å². The third-order valence-corrected chi connectivity index (χ3v) is 5.18. The predicted octanol–water partition coefficient (Wildman–Crippen LogP) is 3.17. The maximum absolute atomic E-state index is 11.8. The molecule has 1 rings (SSSR count). The van der Waals surface area contributed by atoms with Gasteiger partial charge in [0.25, 0.3) is 0 Å². The average Bonchev–Trinajstić information content (AvgIpc) is 2.42. The van der Waals surface area contributed by atoms with E-state index in [1.807, 2.05) is 27.7 Å². The van der Waals surface area contributed by atoms with Crippen LogP contribution >= 0.6 is 0 Å². The van der Waals surface area contributed by atoms with Crippen molar-refractivity contribution >= 4 is 11.9 Å². The zero-order valence-corrected chi connectivity index (χ0v) is 16.1. The van der Waals surface area contributed by atoms with Crippen molar-refractivity contribution < 1.29 is 24.9 Å². The minimum Gasteiger partial charge on any atom is -0.481 e. The number of carbonyl (C=O) groups is 2. The first kappa shape index (κ1) is 21.9. The molecule has 0 aromatic rings. The van der Waals surface area contributed by atoms with E-state index in [0.717, 1.165) is 19.3 Å². The van der Waals surface area contributed by atoms with E-state index in [2.05, 4.69) is 5.32 Å². The van der Waals surface area contributed by atoms with Gasteiger partial charge in [-0.2, -0.15) is 0 Å². The number of piperidine rings is 1. The van der Waals surface area contributed by atoms with E-state index >= 15 is 0 Å². The van der Waals surface area contributed by atoms with Gasteiger partial charge in [-0.25, -0.2) is 4.79 Å². The Bertz CT molecular complexity index is 458. The molecule has 1 aliphatic heterocycles. The normalized spacial score (nSPS) is 22.3. The van der Waals surface area contributed by atoms with Crippen molar-refractivity contribution in [3.63, 3.8) is 0 Å². The fourth-order valence-corrected chi connectivity index (χ4v) is 4.35. The minimum absolute atomic E-state index is 0.179. The third kappa shape index (κ3) is 6.94. The van der Waals surface area contributed by atoms with E-state index in [1.165, 1.54) is 0 Å². The predicted molar refractivity (Wildman–Crippen MR) is 96.6 cm³/mol. The summed E-state index contributed by atoms with van der Waals surface area (Å²) in [6, 6.07) is 0. The first-order valence-corrected chi connectivity index (χ1v) is 9.35. The molecule has 4 N–H and O–H groups in total. The summed E-state index contributed by atoms with van der Waals surface area (Å²) in [5.41, 5.74) is -2.13. The zero-order chi connectivity index (χ0) is 19.3. The van der Waals surface area contributed by atoms with Crippen molar-refractivity contribution in [3.05, 3.63) is 0 Å².